The van der Waals surface area contributed by atoms with Gasteiger partial charge in [0.25, 0.3) is 0 Å². The second kappa shape index (κ2) is 11.2. The van der Waals surface area contributed by atoms with E-state index in [-0.39, 0.29) is 6.04 Å². The van der Waals surface area contributed by atoms with E-state index < -0.39 is 0 Å². The summed E-state index contributed by atoms with van der Waals surface area (Å²) in [4.78, 5) is 2.17. The van der Waals surface area contributed by atoms with Crippen molar-refractivity contribution in [2.75, 3.05) is 47.5 Å². The first-order valence-corrected chi connectivity index (χ1v) is 11.1. The molecule has 1 unspecified atom stereocenters. The highest BCUT2D eigenvalue weighted by molar-refractivity contribution is 5.52. The molecule has 1 atom stereocenters. The van der Waals surface area contributed by atoms with E-state index in [4.69, 9.17) is 14.2 Å². The highest BCUT2D eigenvalue weighted by Crippen LogP contribution is 2.38. The van der Waals surface area contributed by atoms with Crippen LogP contribution in [0.2, 0.25) is 0 Å². The molecule has 0 saturated carbocycles. The Morgan fingerprint density at radius 2 is 1.87 bits per heavy atom. The van der Waals surface area contributed by atoms with E-state index in [1.54, 1.807) is 7.11 Å². The van der Waals surface area contributed by atoms with Gasteiger partial charge in [-0.05, 0) is 74.3 Å². The summed E-state index contributed by atoms with van der Waals surface area (Å²) in [6, 6.07) is 12.9. The minimum absolute atomic E-state index is 0.124. The van der Waals surface area contributed by atoms with Gasteiger partial charge in [0.15, 0.2) is 11.5 Å². The van der Waals surface area contributed by atoms with Gasteiger partial charge < -0.3 is 24.4 Å². The molecule has 1 aliphatic rings. The fourth-order valence-corrected chi connectivity index (χ4v) is 3.82. The summed E-state index contributed by atoms with van der Waals surface area (Å²) < 4.78 is 17.7. The molecule has 2 aromatic rings. The van der Waals surface area contributed by atoms with Gasteiger partial charge >= 0.3 is 0 Å². The fourth-order valence-electron chi connectivity index (χ4n) is 3.82. The molecule has 0 aromatic heterocycles. The zero-order valence-corrected chi connectivity index (χ0v) is 18.9. The summed E-state index contributed by atoms with van der Waals surface area (Å²) in [7, 11) is 5.87. The van der Waals surface area contributed by atoms with Crippen molar-refractivity contribution in [1.29, 1.82) is 0 Å². The molecule has 1 aliphatic heterocycles. The van der Waals surface area contributed by atoms with Crippen LogP contribution in [0.25, 0.3) is 0 Å². The molecular weight excluding hydrogens is 376 g/mol. The molecule has 3 rings (SSSR count). The van der Waals surface area contributed by atoms with Gasteiger partial charge in [-0.2, -0.15) is 0 Å². The number of benzene rings is 2. The average molecular weight is 413 g/mol. The third kappa shape index (κ3) is 5.89. The van der Waals surface area contributed by atoms with Gasteiger partial charge in [0.2, 0.25) is 0 Å². The average Bonchev–Trinajstić information content (AvgIpc) is 2.76. The number of ether oxygens (including phenoxy) is 3. The maximum atomic E-state index is 6.11. The molecule has 164 valence electrons. The first kappa shape index (κ1) is 22.4. The van der Waals surface area contributed by atoms with Gasteiger partial charge in [-0.25, -0.2) is 0 Å². The van der Waals surface area contributed by atoms with Gasteiger partial charge in [0, 0.05) is 13.1 Å². The largest absolute Gasteiger partial charge is 0.494 e. The zero-order valence-electron chi connectivity index (χ0n) is 18.9. The van der Waals surface area contributed by atoms with Gasteiger partial charge in [-0.15, -0.1) is 0 Å². The van der Waals surface area contributed by atoms with Crippen LogP contribution in [-0.2, 0) is 6.42 Å². The molecule has 0 spiro atoms. The van der Waals surface area contributed by atoms with Crippen molar-refractivity contribution < 1.29 is 14.2 Å². The highest BCUT2D eigenvalue weighted by Gasteiger charge is 2.24. The molecule has 0 saturated heterocycles. The predicted molar refractivity (Wildman–Crippen MR) is 122 cm³/mol. The normalized spacial score (nSPS) is 15.7. The lowest BCUT2D eigenvalue weighted by Crippen LogP contribution is -2.30. The van der Waals surface area contributed by atoms with Crippen molar-refractivity contribution >= 4 is 0 Å². The molecule has 0 amide bonds. The lowest BCUT2D eigenvalue weighted by atomic mass is 9.89. The van der Waals surface area contributed by atoms with Crippen LogP contribution in [0.5, 0.6) is 17.2 Å². The summed E-state index contributed by atoms with van der Waals surface area (Å²) in [6.07, 6.45) is 4.17. The quantitative estimate of drug-likeness (QED) is 0.553. The molecule has 1 N–H and O–H groups in total. The Kier molecular flexibility index (Phi) is 8.40. The smallest absolute Gasteiger partial charge is 0.161 e. The molecule has 0 bridgehead atoms. The minimum atomic E-state index is 0.124. The van der Waals surface area contributed by atoms with Crippen LogP contribution in [0.1, 0.15) is 48.9 Å². The fraction of sp³-hybridized carbons (Fsp3) is 0.520. The van der Waals surface area contributed by atoms with Gasteiger partial charge in [-0.1, -0.05) is 25.5 Å². The third-order valence-corrected chi connectivity index (χ3v) is 5.44. The van der Waals surface area contributed by atoms with Crippen molar-refractivity contribution in [2.45, 2.75) is 38.6 Å². The van der Waals surface area contributed by atoms with Gasteiger partial charge in [0.1, 0.15) is 5.75 Å². The van der Waals surface area contributed by atoms with Crippen molar-refractivity contribution in [3.63, 3.8) is 0 Å². The number of methoxy groups -OCH3 is 1. The molecule has 0 aliphatic carbocycles. The predicted octanol–water partition coefficient (Wildman–Crippen LogP) is 4.44. The summed E-state index contributed by atoms with van der Waals surface area (Å²) in [6.45, 7) is 5.55. The van der Waals surface area contributed by atoms with Crippen molar-refractivity contribution in [3.8, 4) is 17.2 Å². The lowest BCUT2D eigenvalue weighted by molar-refractivity contribution is 0.267. The van der Waals surface area contributed by atoms with Crippen LogP contribution >= 0.6 is 0 Å². The van der Waals surface area contributed by atoms with Crippen molar-refractivity contribution in [2.24, 2.45) is 0 Å². The Morgan fingerprint density at radius 1 is 1.03 bits per heavy atom. The van der Waals surface area contributed by atoms with E-state index in [1.807, 2.05) is 6.07 Å². The Balaban J connectivity index is 1.81. The Bertz CT molecular complexity index is 807. The van der Waals surface area contributed by atoms with Crippen LogP contribution in [0.4, 0.5) is 0 Å². The second-order valence-corrected chi connectivity index (χ2v) is 8.12. The number of hydrogen-bond donors (Lipinski definition) is 1. The number of nitrogens with zero attached hydrogens (tertiary/aromatic N) is 1. The number of unbranched alkanes of at least 4 members (excludes halogenated alkanes) is 1. The Hall–Kier alpha value is -2.24. The maximum Gasteiger partial charge on any atom is 0.161 e. The number of rotatable bonds is 11. The number of nitrogens with one attached hydrogen (secondary N) is 1. The Morgan fingerprint density at radius 3 is 2.63 bits per heavy atom. The first-order chi connectivity index (χ1) is 14.6. The molecule has 5 nitrogen and oxygen atoms in total. The van der Waals surface area contributed by atoms with Crippen LogP contribution in [-0.4, -0.2) is 52.4 Å². The summed E-state index contributed by atoms with van der Waals surface area (Å²) in [5.74, 6) is 2.57. The second-order valence-electron chi connectivity index (χ2n) is 8.12. The third-order valence-electron chi connectivity index (χ3n) is 5.44. The lowest BCUT2D eigenvalue weighted by Gasteiger charge is -2.29. The van der Waals surface area contributed by atoms with Crippen LogP contribution in [0.3, 0.4) is 0 Å². The van der Waals surface area contributed by atoms with E-state index >= 15 is 0 Å². The van der Waals surface area contributed by atoms with E-state index in [0.29, 0.717) is 6.61 Å². The van der Waals surface area contributed by atoms with Gasteiger partial charge in [0.05, 0.1) is 26.4 Å². The van der Waals surface area contributed by atoms with Gasteiger partial charge in [-0.3, -0.25) is 0 Å². The van der Waals surface area contributed by atoms with E-state index in [9.17, 15) is 0 Å². The van der Waals surface area contributed by atoms with Crippen LogP contribution in [0, 0.1) is 0 Å². The molecule has 5 heteroatoms. The standard InChI is InChI=1S/C25H36N2O3/c1-5-6-14-29-21-10-7-9-20(16-21)25-22-18-24(30-15-8-13-27(2)3)23(28-4)17-19(22)11-12-26-25/h7,9-10,16-18,25-26H,5-6,8,11-15H2,1-4H3. The monoisotopic (exact) mass is 412 g/mol. The van der Waals surface area contributed by atoms with Crippen molar-refractivity contribution in [1.82, 2.24) is 10.2 Å². The topological polar surface area (TPSA) is 43.0 Å². The molecule has 1 heterocycles. The van der Waals surface area contributed by atoms with Crippen LogP contribution in [0.15, 0.2) is 36.4 Å². The number of fused-ring (bicyclic) bond motifs is 1. The summed E-state index contributed by atoms with van der Waals surface area (Å²) in [5.41, 5.74) is 3.79. The van der Waals surface area contributed by atoms with Crippen LogP contribution < -0.4 is 19.5 Å². The minimum Gasteiger partial charge on any atom is -0.494 e. The van der Waals surface area contributed by atoms with E-state index in [1.165, 1.54) is 16.7 Å². The zero-order chi connectivity index (χ0) is 21.3. The molecule has 30 heavy (non-hydrogen) atoms. The summed E-state index contributed by atoms with van der Waals surface area (Å²) in [5, 5.41) is 3.67. The molecule has 0 radical (unpaired) electrons. The molecule has 0 fully saturated rings. The van der Waals surface area contributed by atoms with E-state index in [0.717, 1.165) is 62.6 Å². The number of hydrogen-bond acceptors (Lipinski definition) is 5. The van der Waals surface area contributed by atoms with Crippen molar-refractivity contribution in [3.05, 3.63) is 53.1 Å². The summed E-state index contributed by atoms with van der Waals surface area (Å²) >= 11 is 0. The Labute approximate surface area is 181 Å². The van der Waals surface area contributed by atoms with E-state index in [2.05, 4.69) is 61.6 Å². The molecular formula is C25H36N2O3. The highest BCUT2D eigenvalue weighted by atomic mass is 16.5. The molecule has 2 aromatic carbocycles. The maximum absolute atomic E-state index is 6.11. The first-order valence-electron chi connectivity index (χ1n) is 11.1. The SMILES string of the molecule is CCCCOc1cccc(C2NCCc3cc(OC)c(OCCCN(C)C)cc32)c1.